The lowest BCUT2D eigenvalue weighted by Gasteiger charge is -2.19. The first kappa shape index (κ1) is 25.8. The molecule has 0 saturated carbocycles. The Hall–Kier alpha value is -3.85. The second kappa shape index (κ2) is 12.0. The Kier molecular flexibility index (Phi) is 8.86. The molecule has 0 fully saturated rings. The minimum atomic E-state index is -3.97. The number of hydrogen-bond donors (Lipinski definition) is 1. The van der Waals surface area contributed by atoms with Gasteiger partial charge in [-0.2, -0.15) is 8.42 Å². The van der Waals surface area contributed by atoms with Crippen LogP contribution >= 0.6 is 0 Å². The summed E-state index contributed by atoms with van der Waals surface area (Å²) in [5.41, 5.74) is 1.47. The number of amides is 1. The van der Waals surface area contributed by atoms with Crippen molar-refractivity contribution in [3.05, 3.63) is 96.1 Å². The highest BCUT2D eigenvalue weighted by Gasteiger charge is 2.25. The van der Waals surface area contributed by atoms with E-state index in [4.69, 9.17) is 13.7 Å². The summed E-state index contributed by atoms with van der Waals surface area (Å²) in [5, 5.41) is 2.55. The topological polar surface area (TPSA) is 108 Å². The third kappa shape index (κ3) is 8.15. The van der Waals surface area contributed by atoms with E-state index < -0.39 is 28.2 Å². The number of carbonyl (C=O) groups is 2. The predicted molar refractivity (Wildman–Crippen MR) is 129 cm³/mol. The summed E-state index contributed by atoms with van der Waals surface area (Å²) in [6, 6.07) is 22.1. The number of nitrogens with one attached hydrogen (secondary N) is 1. The molecular weight excluding hydrogens is 470 g/mol. The molecule has 0 unspecified atom stereocenters. The van der Waals surface area contributed by atoms with Crippen molar-refractivity contribution in [1.82, 2.24) is 5.32 Å². The van der Waals surface area contributed by atoms with Gasteiger partial charge in [0.15, 0.2) is 0 Å². The van der Waals surface area contributed by atoms with Crippen molar-refractivity contribution < 1.29 is 31.7 Å². The van der Waals surface area contributed by atoms with E-state index in [1.807, 2.05) is 30.3 Å². The van der Waals surface area contributed by atoms with Crippen LogP contribution in [0.4, 0.5) is 4.79 Å². The highest BCUT2D eigenvalue weighted by Crippen LogP contribution is 2.20. The minimum absolute atomic E-state index is 0.0405. The van der Waals surface area contributed by atoms with Gasteiger partial charge in [-0.05, 0) is 49.2 Å². The number of esters is 1. The van der Waals surface area contributed by atoms with Crippen molar-refractivity contribution in [3.8, 4) is 5.75 Å². The van der Waals surface area contributed by atoms with Gasteiger partial charge >= 0.3 is 22.2 Å². The lowest BCUT2D eigenvalue weighted by molar-refractivity contribution is -0.149. The highest BCUT2D eigenvalue weighted by atomic mass is 32.2. The maximum Gasteiger partial charge on any atom is 0.408 e. The molecule has 0 aliphatic heterocycles. The van der Waals surface area contributed by atoms with Gasteiger partial charge in [-0.15, -0.1) is 0 Å². The van der Waals surface area contributed by atoms with Gasteiger partial charge in [-0.1, -0.05) is 60.7 Å². The van der Waals surface area contributed by atoms with Crippen molar-refractivity contribution in [2.24, 2.45) is 0 Å². The third-order valence-electron chi connectivity index (χ3n) is 4.74. The van der Waals surface area contributed by atoms with Crippen LogP contribution in [0.2, 0.25) is 0 Å². The molecule has 3 aromatic rings. The molecule has 1 N–H and O–H groups in total. The Balaban J connectivity index is 1.65. The average molecular weight is 498 g/mol. The van der Waals surface area contributed by atoms with Gasteiger partial charge in [-0.25, -0.2) is 9.59 Å². The first-order valence-electron chi connectivity index (χ1n) is 11.0. The fourth-order valence-electron chi connectivity index (χ4n) is 3.09. The third-order valence-corrected chi connectivity index (χ3v) is 6.00. The van der Waals surface area contributed by atoms with E-state index in [0.717, 1.165) is 5.56 Å². The van der Waals surface area contributed by atoms with Gasteiger partial charge in [0, 0.05) is 6.42 Å². The van der Waals surface area contributed by atoms with Gasteiger partial charge in [0.05, 0.1) is 6.10 Å². The highest BCUT2D eigenvalue weighted by molar-refractivity contribution is 7.87. The molecule has 35 heavy (non-hydrogen) atoms. The number of ether oxygens (including phenoxy) is 2. The first-order chi connectivity index (χ1) is 16.7. The molecule has 1 amide bonds. The molecule has 0 spiro atoms. The van der Waals surface area contributed by atoms with Gasteiger partial charge in [0.1, 0.15) is 23.3 Å². The fourth-order valence-corrected chi connectivity index (χ4v) is 4.04. The smallest absolute Gasteiger partial charge is 0.408 e. The SMILES string of the molecule is CC(C)OC(=O)[C@H](Cc1ccc(OS(=O)(=O)c2ccccc2)cc1)NC(=O)OCc1ccccc1. The van der Waals surface area contributed by atoms with E-state index in [2.05, 4.69) is 5.32 Å². The molecule has 184 valence electrons. The zero-order valence-electron chi connectivity index (χ0n) is 19.4. The van der Waals surface area contributed by atoms with Crippen LogP contribution in [0.3, 0.4) is 0 Å². The van der Waals surface area contributed by atoms with Crippen molar-refractivity contribution in [2.45, 2.75) is 43.9 Å². The molecule has 0 aliphatic carbocycles. The molecule has 8 nitrogen and oxygen atoms in total. The Bertz CT molecular complexity index is 1210. The largest absolute Gasteiger partial charge is 0.461 e. The summed E-state index contributed by atoms with van der Waals surface area (Å²) in [7, 11) is -3.97. The molecule has 0 heterocycles. The maximum atomic E-state index is 12.6. The normalized spacial score (nSPS) is 12.0. The molecule has 3 aromatic carbocycles. The van der Waals surface area contributed by atoms with Crippen molar-refractivity contribution in [3.63, 3.8) is 0 Å². The number of hydrogen-bond acceptors (Lipinski definition) is 7. The van der Waals surface area contributed by atoms with Crippen LogP contribution in [0.25, 0.3) is 0 Å². The monoisotopic (exact) mass is 497 g/mol. The molecule has 9 heteroatoms. The zero-order valence-corrected chi connectivity index (χ0v) is 20.2. The second-order valence-corrected chi connectivity index (χ2v) is 9.49. The lowest BCUT2D eigenvalue weighted by atomic mass is 10.1. The summed E-state index contributed by atoms with van der Waals surface area (Å²) >= 11 is 0. The van der Waals surface area contributed by atoms with Crippen LogP contribution in [0.1, 0.15) is 25.0 Å². The number of benzene rings is 3. The zero-order chi connectivity index (χ0) is 25.3. The van der Waals surface area contributed by atoms with Crippen LogP contribution in [-0.4, -0.2) is 32.6 Å². The summed E-state index contributed by atoms with van der Waals surface area (Å²) in [4.78, 5) is 24.9. The van der Waals surface area contributed by atoms with E-state index >= 15 is 0 Å². The summed E-state index contributed by atoms with van der Waals surface area (Å²) in [5.74, 6) is -0.488. The lowest BCUT2D eigenvalue weighted by Crippen LogP contribution is -2.44. The van der Waals surface area contributed by atoms with E-state index in [-0.39, 0.29) is 29.8 Å². The van der Waals surface area contributed by atoms with E-state index in [0.29, 0.717) is 5.56 Å². The Morgan fingerprint density at radius 1 is 0.829 bits per heavy atom. The standard InChI is InChI=1S/C26H27NO7S/c1-19(2)33-25(28)24(27-26(29)32-18-21-9-5-3-6-10-21)17-20-13-15-22(16-14-20)34-35(30,31)23-11-7-4-8-12-23/h3-16,19,24H,17-18H2,1-2H3,(H,27,29)/t24-/m0/s1. The summed E-state index contributed by atoms with van der Waals surface area (Å²) < 4.78 is 40.5. The van der Waals surface area contributed by atoms with Crippen LogP contribution in [0.15, 0.2) is 89.8 Å². The summed E-state index contributed by atoms with van der Waals surface area (Å²) in [6.45, 7) is 3.48. The van der Waals surface area contributed by atoms with Crippen molar-refractivity contribution >= 4 is 22.2 Å². The molecule has 0 bridgehead atoms. The Labute approximate surface area is 205 Å². The van der Waals surface area contributed by atoms with Gasteiger partial charge in [0.25, 0.3) is 0 Å². The van der Waals surface area contributed by atoms with Gasteiger partial charge in [-0.3, -0.25) is 0 Å². The van der Waals surface area contributed by atoms with Gasteiger partial charge in [0.2, 0.25) is 0 Å². The van der Waals surface area contributed by atoms with Gasteiger partial charge < -0.3 is 19.0 Å². The average Bonchev–Trinajstić information content (AvgIpc) is 2.84. The van der Waals surface area contributed by atoms with Crippen molar-refractivity contribution in [1.29, 1.82) is 0 Å². The first-order valence-corrected chi connectivity index (χ1v) is 12.4. The molecule has 0 aromatic heterocycles. The molecule has 0 aliphatic rings. The molecule has 3 rings (SSSR count). The number of carbonyl (C=O) groups excluding carboxylic acids is 2. The van der Waals surface area contributed by atoms with Crippen molar-refractivity contribution in [2.75, 3.05) is 0 Å². The molecule has 0 radical (unpaired) electrons. The molecular formula is C26H27NO7S. The maximum absolute atomic E-state index is 12.6. The number of rotatable bonds is 10. The Morgan fingerprint density at radius 3 is 2.03 bits per heavy atom. The molecule has 1 atom stereocenters. The molecule has 0 saturated heterocycles. The van der Waals surface area contributed by atoms with Crippen LogP contribution in [-0.2, 0) is 37.4 Å². The van der Waals surface area contributed by atoms with E-state index in [9.17, 15) is 18.0 Å². The minimum Gasteiger partial charge on any atom is -0.461 e. The fraction of sp³-hybridized carbons (Fsp3) is 0.231. The second-order valence-electron chi connectivity index (χ2n) is 7.94. The quantitative estimate of drug-likeness (QED) is 0.330. The Morgan fingerprint density at radius 2 is 1.43 bits per heavy atom. The van der Waals surface area contributed by atoms with Crippen LogP contribution in [0.5, 0.6) is 5.75 Å². The number of alkyl carbamates (subject to hydrolysis) is 1. The van der Waals surface area contributed by atoms with E-state index in [1.54, 1.807) is 44.2 Å². The van der Waals surface area contributed by atoms with Crippen LogP contribution < -0.4 is 9.50 Å². The van der Waals surface area contributed by atoms with E-state index in [1.165, 1.54) is 24.3 Å². The van der Waals surface area contributed by atoms with Crippen LogP contribution in [0, 0.1) is 0 Å². The summed E-state index contributed by atoms with van der Waals surface area (Å²) in [6.07, 6.45) is -1.02. The predicted octanol–water partition coefficient (Wildman–Crippen LogP) is 4.24.